The minimum absolute atomic E-state index is 0.0185. The second kappa shape index (κ2) is 6.55. The van der Waals surface area contributed by atoms with Crippen molar-refractivity contribution < 1.29 is 4.79 Å². The Morgan fingerprint density at radius 1 is 1.08 bits per heavy atom. The third-order valence-corrected chi connectivity index (χ3v) is 5.21. The highest BCUT2D eigenvalue weighted by Gasteiger charge is 2.31. The van der Waals surface area contributed by atoms with Crippen molar-refractivity contribution in [2.24, 2.45) is 0 Å². The number of hydrazine groups is 1. The SMILES string of the molecule is O=C(Nc1ccc2c(c1)CCC2)C1CC(c2ccccc2Cl)NN1. The van der Waals surface area contributed by atoms with E-state index in [-0.39, 0.29) is 18.0 Å². The fourth-order valence-electron chi connectivity index (χ4n) is 3.57. The van der Waals surface area contributed by atoms with Crippen molar-refractivity contribution in [1.82, 2.24) is 10.9 Å². The van der Waals surface area contributed by atoms with Gasteiger partial charge in [0.1, 0.15) is 6.04 Å². The lowest BCUT2D eigenvalue weighted by molar-refractivity contribution is -0.117. The zero-order valence-electron chi connectivity index (χ0n) is 13.3. The molecule has 1 amide bonds. The zero-order valence-corrected chi connectivity index (χ0v) is 14.1. The Hall–Kier alpha value is -1.88. The maximum absolute atomic E-state index is 12.5. The number of rotatable bonds is 3. The van der Waals surface area contributed by atoms with Gasteiger partial charge in [0.05, 0.1) is 0 Å². The Bertz CT molecular complexity index is 777. The highest BCUT2D eigenvalue weighted by Crippen LogP contribution is 2.29. The summed E-state index contributed by atoms with van der Waals surface area (Å²) in [6.07, 6.45) is 4.13. The van der Waals surface area contributed by atoms with E-state index in [1.807, 2.05) is 30.3 Å². The molecule has 3 N–H and O–H groups in total. The molecule has 1 saturated heterocycles. The van der Waals surface area contributed by atoms with E-state index >= 15 is 0 Å². The van der Waals surface area contributed by atoms with Crippen LogP contribution in [0.4, 0.5) is 5.69 Å². The number of carbonyl (C=O) groups excluding carboxylic acids is 1. The van der Waals surface area contributed by atoms with Crippen molar-refractivity contribution in [2.45, 2.75) is 37.8 Å². The van der Waals surface area contributed by atoms with Crippen molar-refractivity contribution in [3.63, 3.8) is 0 Å². The third kappa shape index (κ3) is 3.05. The standard InChI is InChI=1S/C19H20ClN3O/c20-16-7-2-1-6-15(16)17-11-18(23-22-17)19(24)21-14-9-8-12-4-3-5-13(12)10-14/h1-2,6-10,17-18,22-23H,3-5,11H2,(H,21,24). The first kappa shape index (κ1) is 15.6. The molecule has 0 saturated carbocycles. The maximum atomic E-state index is 12.5. The van der Waals surface area contributed by atoms with Crippen molar-refractivity contribution in [3.8, 4) is 0 Å². The number of carbonyl (C=O) groups is 1. The Labute approximate surface area is 146 Å². The molecular weight excluding hydrogens is 322 g/mol. The van der Waals surface area contributed by atoms with E-state index in [0.717, 1.165) is 29.1 Å². The summed E-state index contributed by atoms with van der Waals surface area (Å²) in [5.41, 5.74) is 10.9. The van der Waals surface area contributed by atoms with Gasteiger partial charge in [-0.25, -0.2) is 10.9 Å². The van der Waals surface area contributed by atoms with Crippen LogP contribution in [0.25, 0.3) is 0 Å². The van der Waals surface area contributed by atoms with Crippen molar-refractivity contribution >= 4 is 23.2 Å². The molecule has 4 nitrogen and oxygen atoms in total. The first-order chi connectivity index (χ1) is 11.7. The van der Waals surface area contributed by atoms with Gasteiger partial charge in [-0.1, -0.05) is 35.9 Å². The molecule has 5 heteroatoms. The summed E-state index contributed by atoms with van der Waals surface area (Å²) in [6.45, 7) is 0. The van der Waals surface area contributed by atoms with Crippen LogP contribution in [0.1, 0.15) is 35.6 Å². The molecule has 0 radical (unpaired) electrons. The van der Waals surface area contributed by atoms with Crippen LogP contribution < -0.4 is 16.2 Å². The molecular formula is C19H20ClN3O. The summed E-state index contributed by atoms with van der Waals surface area (Å²) in [4.78, 5) is 12.5. The Kier molecular flexibility index (Phi) is 4.27. The smallest absolute Gasteiger partial charge is 0.242 e. The largest absolute Gasteiger partial charge is 0.325 e. The fraction of sp³-hybridized carbons (Fsp3) is 0.316. The van der Waals surface area contributed by atoms with Gasteiger partial charge in [-0.15, -0.1) is 0 Å². The quantitative estimate of drug-likeness (QED) is 0.802. The molecule has 1 heterocycles. The average Bonchev–Trinajstić information content (AvgIpc) is 3.24. The highest BCUT2D eigenvalue weighted by atomic mass is 35.5. The molecule has 2 aromatic rings. The number of nitrogens with one attached hydrogen (secondary N) is 3. The molecule has 1 aliphatic heterocycles. The molecule has 2 unspecified atom stereocenters. The summed E-state index contributed by atoms with van der Waals surface area (Å²) >= 11 is 6.25. The number of hydrogen-bond acceptors (Lipinski definition) is 3. The molecule has 0 bridgehead atoms. The van der Waals surface area contributed by atoms with Gasteiger partial charge in [-0.05, 0) is 60.6 Å². The van der Waals surface area contributed by atoms with Crippen LogP contribution in [0.5, 0.6) is 0 Å². The number of halogens is 1. The van der Waals surface area contributed by atoms with Crippen molar-refractivity contribution in [1.29, 1.82) is 0 Å². The predicted molar refractivity (Wildman–Crippen MR) is 96.0 cm³/mol. The first-order valence-electron chi connectivity index (χ1n) is 8.39. The minimum Gasteiger partial charge on any atom is -0.325 e. The fourth-order valence-corrected chi connectivity index (χ4v) is 3.84. The molecule has 124 valence electrons. The second-order valence-corrected chi connectivity index (χ2v) is 6.88. The van der Waals surface area contributed by atoms with Crippen LogP contribution in [0.3, 0.4) is 0 Å². The lowest BCUT2D eigenvalue weighted by Crippen LogP contribution is -2.39. The van der Waals surface area contributed by atoms with Crippen LogP contribution in [0.2, 0.25) is 5.02 Å². The first-order valence-corrected chi connectivity index (χ1v) is 8.76. The topological polar surface area (TPSA) is 53.2 Å². The van der Waals surface area contributed by atoms with Gasteiger partial charge in [0.25, 0.3) is 0 Å². The van der Waals surface area contributed by atoms with Crippen molar-refractivity contribution in [3.05, 3.63) is 64.2 Å². The van der Waals surface area contributed by atoms with Crippen LogP contribution in [0, 0.1) is 0 Å². The number of amides is 1. The lowest BCUT2D eigenvalue weighted by Gasteiger charge is -2.12. The monoisotopic (exact) mass is 341 g/mol. The molecule has 4 rings (SSSR count). The van der Waals surface area contributed by atoms with Crippen LogP contribution in [-0.4, -0.2) is 11.9 Å². The van der Waals surface area contributed by atoms with E-state index in [2.05, 4.69) is 28.3 Å². The van der Waals surface area contributed by atoms with E-state index in [1.165, 1.54) is 17.5 Å². The van der Waals surface area contributed by atoms with E-state index in [4.69, 9.17) is 11.6 Å². The van der Waals surface area contributed by atoms with Gasteiger partial charge in [0, 0.05) is 16.8 Å². The highest BCUT2D eigenvalue weighted by molar-refractivity contribution is 6.31. The number of anilines is 1. The average molecular weight is 342 g/mol. The number of hydrogen-bond donors (Lipinski definition) is 3. The molecule has 2 aliphatic rings. The molecule has 1 fully saturated rings. The van der Waals surface area contributed by atoms with Crippen LogP contribution in [0.15, 0.2) is 42.5 Å². The Morgan fingerprint density at radius 2 is 1.92 bits per heavy atom. The molecule has 0 spiro atoms. The second-order valence-electron chi connectivity index (χ2n) is 6.48. The van der Waals surface area contributed by atoms with Gasteiger partial charge in [0.2, 0.25) is 5.91 Å². The summed E-state index contributed by atoms with van der Waals surface area (Å²) in [5, 5.41) is 3.74. The summed E-state index contributed by atoms with van der Waals surface area (Å²) in [7, 11) is 0. The zero-order chi connectivity index (χ0) is 16.5. The Balaban J connectivity index is 1.42. The van der Waals surface area contributed by atoms with Gasteiger partial charge < -0.3 is 5.32 Å². The summed E-state index contributed by atoms with van der Waals surface area (Å²) in [6, 6.07) is 13.7. The third-order valence-electron chi connectivity index (χ3n) is 4.87. The summed E-state index contributed by atoms with van der Waals surface area (Å²) < 4.78 is 0. The number of aryl methyl sites for hydroxylation is 2. The van der Waals surface area contributed by atoms with Gasteiger partial charge >= 0.3 is 0 Å². The van der Waals surface area contributed by atoms with E-state index in [1.54, 1.807) is 0 Å². The maximum Gasteiger partial charge on any atom is 0.242 e. The van der Waals surface area contributed by atoms with Crippen LogP contribution in [-0.2, 0) is 17.6 Å². The van der Waals surface area contributed by atoms with Gasteiger partial charge in [-0.2, -0.15) is 0 Å². The van der Waals surface area contributed by atoms with E-state index in [0.29, 0.717) is 6.42 Å². The molecule has 2 atom stereocenters. The predicted octanol–water partition coefficient (Wildman–Crippen LogP) is 3.38. The summed E-state index contributed by atoms with van der Waals surface area (Å²) in [5.74, 6) is -0.0185. The van der Waals surface area contributed by atoms with E-state index in [9.17, 15) is 4.79 Å². The van der Waals surface area contributed by atoms with Crippen LogP contribution >= 0.6 is 11.6 Å². The molecule has 0 aromatic heterocycles. The number of benzene rings is 2. The van der Waals surface area contributed by atoms with Gasteiger partial charge in [0.15, 0.2) is 0 Å². The van der Waals surface area contributed by atoms with Crippen molar-refractivity contribution in [2.75, 3.05) is 5.32 Å². The molecule has 2 aromatic carbocycles. The normalized spacial score (nSPS) is 22.4. The van der Waals surface area contributed by atoms with Gasteiger partial charge in [-0.3, -0.25) is 4.79 Å². The number of fused-ring (bicyclic) bond motifs is 1. The molecule has 24 heavy (non-hydrogen) atoms. The Morgan fingerprint density at radius 3 is 2.79 bits per heavy atom. The minimum atomic E-state index is -0.278. The molecule has 1 aliphatic carbocycles. The lowest BCUT2D eigenvalue weighted by atomic mass is 10.0. The van der Waals surface area contributed by atoms with E-state index < -0.39 is 0 Å².